The van der Waals surface area contributed by atoms with Gasteiger partial charge in [0, 0.05) is 19.1 Å². The summed E-state index contributed by atoms with van der Waals surface area (Å²) in [6, 6.07) is 13.3. The first-order valence-corrected chi connectivity index (χ1v) is 11.3. The minimum atomic E-state index is -3.71. The summed E-state index contributed by atoms with van der Waals surface area (Å²) in [4.78, 5) is 6.78. The lowest BCUT2D eigenvalue weighted by Crippen LogP contribution is -2.40. The van der Waals surface area contributed by atoms with Crippen molar-refractivity contribution in [2.75, 3.05) is 24.6 Å². The van der Waals surface area contributed by atoms with Gasteiger partial charge in [0.15, 0.2) is 5.58 Å². The van der Waals surface area contributed by atoms with Crippen molar-refractivity contribution in [2.45, 2.75) is 37.6 Å². The Kier molecular flexibility index (Phi) is 5.47. The third-order valence-electron chi connectivity index (χ3n) is 5.10. The summed E-state index contributed by atoms with van der Waals surface area (Å²) in [5, 5.41) is 0. The van der Waals surface area contributed by atoms with E-state index in [9.17, 15) is 8.42 Å². The van der Waals surface area contributed by atoms with Crippen LogP contribution in [0.5, 0.6) is 5.75 Å². The molecule has 1 aliphatic heterocycles. The first-order chi connectivity index (χ1) is 14.0. The molecule has 0 saturated carbocycles. The number of para-hydroxylation sites is 2. The predicted octanol–water partition coefficient (Wildman–Crippen LogP) is 3.48. The summed E-state index contributed by atoms with van der Waals surface area (Å²) >= 11 is 0. The van der Waals surface area contributed by atoms with Crippen molar-refractivity contribution >= 4 is 27.1 Å². The fraction of sp³-hybridized carbons (Fsp3) is 0.381. The Hall–Kier alpha value is -2.58. The van der Waals surface area contributed by atoms with Gasteiger partial charge in [-0.05, 0) is 56.5 Å². The lowest BCUT2D eigenvalue weighted by molar-refractivity contribution is 0.331. The molecule has 0 bridgehead atoms. The zero-order valence-corrected chi connectivity index (χ0v) is 17.4. The molecule has 8 heteroatoms. The second-order valence-electron chi connectivity index (χ2n) is 7.19. The number of oxazole rings is 1. The maximum atomic E-state index is 13.0. The van der Waals surface area contributed by atoms with E-state index in [0.29, 0.717) is 18.4 Å². The number of aromatic nitrogens is 1. The Bertz CT molecular complexity index is 1080. The van der Waals surface area contributed by atoms with Gasteiger partial charge in [-0.2, -0.15) is 4.98 Å². The van der Waals surface area contributed by atoms with E-state index in [2.05, 4.69) is 9.71 Å². The standard InChI is InChI=1S/C21H25N3O4S/c1-3-27-19-11-10-15(2)13-20(19)29(25,26)22-14-16-7-6-12-24(16)21-23-17-8-4-5-9-18(17)28-21/h4-5,8-11,13,16,22H,3,6-7,12,14H2,1-2H3. The Morgan fingerprint density at radius 2 is 2.10 bits per heavy atom. The van der Waals surface area contributed by atoms with Crippen LogP contribution in [0.4, 0.5) is 6.01 Å². The molecule has 1 fully saturated rings. The van der Waals surface area contributed by atoms with Crippen LogP contribution in [0.1, 0.15) is 25.3 Å². The Labute approximate surface area is 170 Å². The maximum Gasteiger partial charge on any atom is 0.298 e. The van der Waals surface area contributed by atoms with Gasteiger partial charge in [0.25, 0.3) is 6.01 Å². The quantitative estimate of drug-likeness (QED) is 0.636. The van der Waals surface area contributed by atoms with E-state index in [1.54, 1.807) is 12.1 Å². The molecule has 1 N–H and O–H groups in total. The van der Waals surface area contributed by atoms with Crippen LogP contribution in [0.2, 0.25) is 0 Å². The first-order valence-electron chi connectivity index (χ1n) is 9.83. The zero-order valence-electron chi connectivity index (χ0n) is 16.6. The van der Waals surface area contributed by atoms with Crippen LogP contribution in [-0.2, 0) is 10.0 Å². The molecule has 1 atom stereocenters. The predicted molar refractivity (Wildman–Crippen MR) is 112 cm³/mol. The molecule has 1 unspecified atom stereocenters. The summed E-state index contributed by atoms with van der Waals surface area (Å²) in [5.74, 6) is 0.368. The molecule has 29 heavy (non-hydrogen) atoms. The van der Waals surface area contributed by atoms with E-state index in [1.165, 1.54) is 0 Å². The zero-order chi connectivity index (χ0) is 20.4. The minimum Gasteiger partial charge on any atom is -0.492 e. The average Bonchev–Trinajstić information content (AvgIpc) is 3.34. The van der Waals surface area contributed by atoms with Crippen LogP contribution in [0.25, 0.3) is 11.1 Å². The Balaban J connectivity index is 1.52. The normalized spacial score (nSPS) is 17.2. The van der Waals surface area contributed by atoms with Gasteiger partial charge in [-0.1, -0.05) is 18.2 Å². The number of rotatable bonds is 7. The van der Waals surface area contributed by atoms with Crippen LogP contribution in [-0.4, -0.2) is 39.1 Å². The smallest absolute Gasteiger partial charge is 0.298 e. The highest BCUT2D eigenvalue weighted by atomic mass is 32.2. The van der Waals surface area contributed by atoms with Crippen molar-refractivity contribution < 1.29 is 17.6 Å². The van der Waals surface area contributed by atoms with Crippen molar-refractivity contribution in [3.05, 3.63) is 48.0 Å². The molecule has 1 saturated heterocycles. The van der Waals surface area contributed by atoms with Crippen molar-refractivity contribution in [3.63, 3.8) is 0 Å². The number of fused-ring (bicyclic) bond motifs is 1. The van der Waals surface area contributed by atoms with Gasteiger partial charge in [0.05, 0.1) is 6.61 Å². The topological polar surface area (TPSA) is 84.7 Å². The van der Waals surface area contributed by atoms with Crippen molar-refractivity contribution in [1.29, 1.82) is 0 Å². The van der Waals surface area contributed by atoms with E-state index in [4.69, 9.17) is 9.15 Å². The van der Waals surface area contributed by atoms with Gasteiger partial charge >= 0.3 is 0 Å². The van der Waals surface area contributed by atoms with E-state index in [0.717, 1.165) is 36.0 Å². The summed E-state index contributed by atoms with van der Waals surface area (Å²) in [7, 11) is -3.71. The van der Waals surface area contributed by atoms with Gasteiger partial charge in [-0.15, -0.1) is 0 Å². The third-order valence-corrected chi connectivity index (χ3v) is 6.55. The molecule has 0 aliphatic carbocycles. The summed E-state index contributed by atoms with van der Waals surface area (Å²) in [5.41, 5.74) is 2.40. The molecule has 0 amide bonds. The molecular weight excluding hydrogens is 390 g/mol. The molecule has 7 nitrogen and oxygen atoms in total. The van der Waals surface area contributed by atoms with E-state index >= 15 is 0 Å². The third kappa shape index (κ3) is 4.09. The van der Waals surface area contributed by atoms with Crippen LogP contribution in [0.15, 0.2) is 51.8 Å². The largest absolute Gasteiger partial charge is 0.492 e. The number of nitrogens with one attached hydrogen (secondary N) is 1. The monoisotopic (exact) mass is 415 g/mol. The summed E-state index contributed by atoms with van der Waals surface area (Å²) in [6.45, 7) is 5.16. The summed E-state index contributed by atoms with van der Waals surface area (Å²) < 4.78 is 40.1. The summed E-state index contributed by atoms with van der Waals surface area (Å²) in [6.07, 6.45) is 1.83. The van der Waals surface area contributed by atoms with Crippen molar-refractivity contribution in [1.82, 2.24) is 9.71 Å². The van der Waals surface area contributed by atoms with Crippen molar-refractivity contribution in [3.8, 4) is 5.75 Å². The number of hydrogen-bond donors (Lipinski definition) is 1. The van der Waals surface area contributed by atoms with Crippen LogP contribution >= 0.6 is 0 Å². The molecule has 3 aromatic rings. The molecule has 2 aromatic carbocycles. The van der Waals surface area contributed by atoms with Gasteiger partial charge < -0.3 is 14.1 Å². The van der Waals surface area contributed by atoms with E-state index in [-0.39, 0.29) is 17.5 Å². The number of sulfonamides is 1. The lowest BCUT2D eigenvalue weighted by atomic mass is 10.2. The Morgan fingerprint density at radius 3 is 2.90 bits per heavy atom. The number of aryl methyl sites for hydroxylation is 1. The number of anilines is 1. The van der Waals surface area contributed by atoms with Gasteiger partial charge in [0.1, 0.15) is 16.2 Å². The van der Waals surface area contributed by atoms with Crippen molar-refractivity contribution in [2.24, 2.45) is 0 Å². The SMILES string of the molecule is CCOc1ccc(C)cc1S(=O)(=O)NCC1CCCN1c1nc2ccccc2o1. The van der Waals surface area contributed by atoms with E-state index < -0.39 is 10.0 Å². The fourth-order valence-corrected chi connectivity index (χ4v) is 4.97. The number of hydrogen-bond acceptors (Lipinski definition) is 6. The molecular formula is C21H25N3O4S. The van der Waals surface area contributed by atoms with Gasteiger partial charge in [0.2, 0.25) is 10.0 Å². The van der Waals surface area contributed by atoms with Gasteiger partial charge in [-0.3, -0.25) is 0 Å². The molecule has 2 heterocycles. The molecule has 4 rings (SSSR count). The number of benzene rings is 2. The highest BCUT2D eigenvalue weighted by molar-refractivity contribution is 7.89. The number of nitrogens with zero attached hydrogens (tertiary/aromatic N) is 2. The maximum absolute atomic E-state index is 13.0. The molecule has 154 valence electrons. The highest BCUT2D eigenvalue weighted by Gasteiger charge is 2.30. The average molecular weight is 416 g/mol. The molecule has 0 spiro atoms. The number of ether oxygens (including phenoxy) is 1. The van der Waals surface area contributed by atoms with Crippen LogP contribution < -0.4 is 14.4 Å². The first kappa shape index (κ1) is 19.7. The fourth-order valence-electron chi connectivity index (χ4n) is 3.67. The van der Waals surface area contributed by atoms with Crippen LogP contribution in [0.3, 0.4) is 0 Å². The molecule has 0 radical (unpaired) electrons. The lowest BCUT2D eigenvalue weighted by Gasteiger charge is -2.23. The second-order valence-corrected chi connectivity index (χ2v) is 8.92. The van der Waals surface area contributed by atoms with Gasteiger partial charge in [-0.25, -0.2) is 13.1 Å². The van der Waals surface area contributed by atoms with Crippen LogP contribution in [0, 0.1) is 6.92 Å². The second kappa shape index (κ2) is 8.04. The van der Waals surface area contributed by atoms with E-state index in [1.807, 2.05) is 49.1 Å². The Morgan fingerprint density at radius 1 is 1.28 bits per heavy atom. The molecule has 1 aliphatic rings. The highest BCUT2D eigenvalue weighted by Crippen LogP contribution is 2.29. The minimum absolute atomic E-state index is 0.0156. The molecule has 1 aromatic heterocycles.